The van der Waals surface area contributed by atoms with Crippen molar-refractivity contribution in [3.05, 3.63) is 0 Å². The van der Waals surface area contributed by atoms with Gasteiger partial charge in [-0.05, 0) is 0 Å². The second-order valence-corrected chi connectivity index (χ2v) is 4.81. The average molecular weight is 185 g/mol. The molecule has 2 fully saturated rings. The van der Waals surface area contributed by atoms with Crippen molar-refractivity contribution < 1.29 is 14.0 Å². The van der Waals surface area contributed by atoms with Crippen molar-refractivity contribution in [1.29, 1.82) is 0 Å². The van der Waals surface area contributed by atoms with Gasteiger partial charge in [-0.25, -0.2) is 4.79 Å². The topological polar surface area (TPSA) is 38.3 Å². The predicted molar refractivity (Wildman–Crippen MR) is 48.3 cm³/mol. The number of ether oxygens (including phenoxy) is 1. The minimum absolute atomic E-state index is 0.176. The number of nitrogens with one attached hydrogen (secondary N) is 1. The highest BCUT2D eigenvalue weighted by atomic mass is 16.6. The third-order valence-corrected chi connectivity index (χ3v) is 3.21. The van der Waals surface area contributed by atoms with Crippen molar-refractivity contribution in [3.63, 3.8) is 0 Å². The Bertz CT molecular complexity index is 228. The fourth-order valence-electron chi connectivity index (χ4n) is 2.03. The summed E-state index contributed by atoms with van der Waals surface area (Å²) in [4.78, 5) is 10.9. The fraction of sp³-hybridized carbons (Fsp3) is 0.889. The smallest absolute Gasteiger partial charge is 0.407 e. The number of rotatable bonds is 0. The monoisotopic (exact) mass is 185 g/mol. The molecule has 0 bridgehead atoms. The predicted octanol–water partition coefficient (Wildman–Crippen LogP) is 0.335. The maximum Gasteiger partial charge on any atom is 0.407 e. The van der Waals surface area contributed by atoms with Crippen LogP contribution in [0.15, 0.2) is 0 Å². The summed E-state index contributed by atoms with van der Waals surface area (Å²) in [5, 5.41) is 2.74. The number of hydrogen-bond donors (Lipinski definition) is 1. The van der Waals surface area contributed by atoms with Crippen LogP contribution in [0.2, 0.25) is 0 Å². The molecule has 0 aromatic carbocycles. The standard InChI is InChI=1S/C9H16N2O2/c1-11(2)5-3-9(4-6-11)7-10-8(12)13-9/h3-7H2,1-2H3/p+1. The molecule has 1 amide bonds. The normalized spacial score (nSPS) is 29.8. The first-order valence-corrected chi connectivity index (χ1v) is 4.80. The van der Waals surface area contributed by atoms with E-state index in [0.29, 0.717) is 6.54 Å². The van der Waals surface area contributed by atoms with Gasteiger partial charge in [0.1, 0.15) is 5.60 Å². The third kappa shape index (κ3) is 1.63. The fourth-order valence-corrected chi connectivity index (χ4v) is 2.03. The molecule has 0 radical (unpaired) electrons. The molecular weight excluding hydrogens is 168 g/mol. The van der Waals surface area contributed by atoms with Gasteiger partial charge in [0.15, 0.2) is 0 Å². The summed E-state index contributed by atoms with van der Waals surface area (Å²) in [6, 6.07) is 0. The molecular formula is C9H17N2O2+. The van der Waals surface area contributed by atoms with Crippen LogP contribution >= 0.6 is 0 Å². The molecule has 2 rings (SSSR count). The number of carbonyl (C=O) groups is 1. The lowest BCUT2D eigenvalue weighted by molar-refractivity contribution is -0.897. The van der Waals surface area contributed by atoms with Crippen molar-refractivity contribution in [2.75, 3.05) is 33.7 Å². The van der Waals surface area contributed by atoms with Crippen LogP contribution in [0.1, 0.15) is 12.8 Å². The number of nitrogens with zero attached hydrogens (tertiary/aromatic N) is 1. The molecule has 1 spiro atoms. The zero-order valence-corrected chi connectivity index (χ0v) is 8.30. The van der Waals surface area contributed by atoms with E-state index in [2.05, 4.69) is 19.4 Å². The van der Waals surface area contributed by atoms with Crippen molar-refractivity contribution >= 4 is 6.09 Å². The first kappa shape index (κ1) is 8.81. The Morgan fingerprint density at radius 3 is 2.46 bits per heavy atom. The molecule has 2 heterocycles. The summed E-state index contributed by atoms with van der Waals surface area (Å²) in [7, 11) is 4.44. The molecule has 2 aliphatic heterocycles. The highest BCUT2D eigenvalue weighted by Gasteiger charge is 2.45. The van der Waals surface area contributed by atoms with Crippen LogP contribution in [-0.4, -0.2) is 49.9 Å². The quantitative estimate of drug-likeness (QED) is 0.552. The molecule has 0 aliphatic carbocycles. The highest BCUT2D eigenvalue weighted by molar-refractivity contribution is 5.70. The van der Waals surface area contributed by atoms with Gasteiger partial charge in [-0.2, -0.15) is 0 Å². The molecule has 0 unspecified atom stereocenters. The average Bonchev–Trinajstić information content (AvgIpc) is 2.41. The summed E-state index contributed by atoms with van der Waals surface area (Å²) in [6.45, 7) is 2.88. The number of quaternary nitrogens is 1. The lowest BCUT2D eigenvalue weighted by atomic mass is 9.91. The molecule has 2 aliphatic rings. The maximum atomic E-state index is 10.9. The van der Waals surface area contributed by atoms with E-state index in [9.17, 15) is 4.79 Å². The summed E-state index contributed by atoms with van der Waals surface area (Å²) in [6.07, 6.45) is 1.73. The van der Waals surface area contributed by atoms with Gasteiger partial charge in [-0.15, -0.1) is 0 Å². The first-order valence-electron chi connectivity index (χ1n) is 4.80. The molecule has 1 N–H and O–H groups in total. The van der Waals surface area contributed by atoms with Gasteiger partial charge >= 0.3 is 6.09 Å². The summed E-state index contributed by atoms with van der Waals surface area (Å²) < 4.78 is 6.36. The minimum atomic E-state index is -0.243. The molecule has 0 saturated carbocycles. The lowest BCUT2D eigenvalue weighted by Crippen LogP contribution is -2.53. The number of alkyl carbamates (subject to hydrolysis) is 1. The minimum Gasteiger partial charge on any atom is -0.441 e. The Balaban J connectivity index is 2.01. The molecule has 0 aromatic heterocycles. The summed E-state index contributed by atoms with van der Waals surface area (Å²) >= 11 is 0. The maximum absolute atomic E-state index is 10.9. The Morgan fingerprint density at radius 1 is 1.38 bits per heavy atom. The van der Waals surface area contributed by atoms with Gasteiger partial charge < -0.3 is 14.5 Å². The molecule has 4 nitrogen and oxygen atoms in total. The van der Waals surface area contributed by atoms with Crippen molar-refractivity contribution in [1.82, 2.24) is 5.32 Å². The molecule has 13 heavy (non-hydrogen) atoms. The van der Waals surface area contributed by atoms with Gasteiger partial charge in [-0.3, -0.25) is 0 Å². The van der Waals surface area contributed by atoms with Gasteiger partial charge in [0.05, 0.1) is 33.7 Å². The van der Waals surface area contributed by atoms with E-state index in [1.54, 1.807) is 0 Å². The number of likely N-dealkylation sites (tertiary alicyclic amines) is 1. The highest BCUT2D eigenvalue weighted by Crippen LogP contribution is 2.30. The zero-order valence-electron chi connectivity index (χ0n) is 8.30. The largest absolute Gasteiger partial charge is 0.441 e. The first-order chi connectivity index (χ1) is 6.02. The van der Waals surface area contributed by atoms with Crippen LogP contribution in [0.5, 0.6) is 0 Å². The second-order valence-electron chi connectivity index (χ2n) is 4.81. The van der Waals surface area contributed by atoms with Crippen LogP contribution in [0.4, 0.5) is 4.79 Å². The Kier molecular flexibility index (Phi) is 1.77. The Morgan fingerprint density at radius 2 is 2.00 bits per heavy atom. The van der Waals surface area contributed by atoms with E-state index in [0.717, 1.165) is 30.4 Å². The van der Waals surface area contributed by atoms with Crippen LogP contribution < -0.4 is 5.32 Å². The van der Waals surface area contributed by atoms with Gasteiger partial charge in [0, 0.05) is 12.8 Å². The van der Waals surface area contributed by atoms with Gasteiger partial charge in [0.2, 0.25) is 0 Å². The Labute approximate surface area is 78.4 Å². The van der Waals surface area contributed by atoms with E-state index in [4.69, 9.17) is 4.74 Å². The van der Waals surface area contributed by atoms with Gasteiger partial charge in [0.25, 0.3) is 0 Å². The summed E-state index contributed by atoms with van der Waals surface area (Å²) in [5.41, 5.74) is -0.176. The van der Waals surface area contributed by atoms with Gasteiger partial charge in [-0.1, -0.05) is 0 Å². The van der Waals surface area contributed by atoms with E-state index in [1.165, 1.54) is 0 Å². The molecule has 74 valence electrons. The molecule has 0 aromatic rings. The van der Waals surface area contributed by atoms with E-state index < -0.39 is 0 Å². The second kappa shape index (κ2) is 2.61. The van der Waals surface area contributed by atoms with Crippen LogP contribution in [0, 0.1) is 0 Å². The number of amides is 1. The zero-order chi connectivity index (χ0) is 9.53. The van der Waals surface area contributed by atoms with Crippen LogP contribution in [-0.2, 0) is 4.74 Å². The van der Waals surface area contributed by atoms with E-state index in [1.807, 2.05) is 0 Å². The van der Waals surface area contributed by atoms with E-state index >= 15 is 0 Å². The number of piperidine rings is 1. The number of hydrogen-bond acceptors (Lipinski definition) is 2. The lowest BCUT2D eigenvalue weighted by Gasteiger charge is -2.40. The SMILES string of the molecule is C[N+]1(C)CCC2(CC1)CNC(=O)O2. The summed E-state index contributed by atoms with van der Waals surface area (Å²) in [5.74, 6) is 0. The molecule has 4 heteroatoms. The van der Waals surface area contributed by atoms with Crippen LogP contribution in [0.3, 0.4) is 0 Å². The van der Waals surface area contributed by atoms with E-state index in [-0.39, 0.29) is 11.7 Å². The van der Waals surface area contributed by atoms with Crippen molar-refractivity contribution in [3.8, 4) is 0 Å². The third-order valence-electron chi connectivity index (χ3n) is 3.21. The van der Waals surface area contributed by atoms with Crippen molar-refractivity contribution in [2.24, 2.45) is 0 Å². The van der Waals surface area contributed by atoms with Crippen LogP contribution in [0.25, 0.3) is 0 Å². The molecule has 2 saturated heterocycles. The Hall–Kier alpha value is -0.770. The molecule has 0 atom stereocenters. The van der Waals surface area contributed by atoms with Crippen molar-refractivity contribution in [2.45, 2.75) is 18.4 Å². The number of carbonyl (C=O) groups excluding carboxylic acids is 1.